The van der Waals surface area contributed by atoms with Gasteiger partial charge in [-0.3, -0.25) is 4.79 Å². The molecule has 0 bridgehead atoms. The lowest BCUT2D eigenvalue weighted by molar-refractivity contribution is -0.274. The number of benzene rings is 2. The van der Waals surface area contributed by atoms with Gasteiger partial charge in [0.2, 0.25) is 0 Å². The van der Waals surface area contributed by atoms with E-state index in [1.807, 2.05) is 0 Å². The monoisotopic (exact) mass is 393 g/mol. The molecule has 5 nitrogen and oxygen atoms in total. The van der Waals surface area contributed by atoms with Crippen LogP contribution in [0.25, 0.3) is 0 Å². The maximum atomic E-state index is 12.4. The summed E-state index contributed by atoms with van der Waals surface area (Å²) in [5.74, 6) is -1.42. The van der Waals surface area contributed by atoms with Crippen LogP contribution in [-0.2, 0) is 9.84 Å². The molecule has 0 aliphatic carbocycles. The highest BCUT2D eigenvalue weighted by atomic mass is 35.5. The van der Waals surface area contributed by atoms with Crippen molar-refractivity contribution in [2.45, 2.75) is 11.3 Å². The second-order valence-corrected chi connectivity index (χ2v) is 7.31. The number of hydrogen-bond donors (Lipinski definition) is 1. The molecule has 0 radical (unpaired) electrons. The van der Waals surface area contributed by atoms with E-state index in [0.717, 1.165) is 18.4 Å². The molecule has 0 saturated carbocycles. The third-order valence-electron chi connectivity index (χ3n) is 2.95. The van der Waals surface area contributed by atoms with E-state index in [9.17, 15) is 26.4 Å². The number of halogens is 4. The number of hydrogen-bond acceptors (Lipinski definition) is 4. The largest absolute Gasteiger partial charge is 0.573 e. The summed E-state index contributed by atoms with van der Waals surface area (Å²) in [6.07, 6.45) is -4.01. The molecule has 2 rings (SSSR count). The molecule has 0 spiro atoms. The van der Waals surface area contributed by atoms with Crippen LogP contribution in [0, 0.1) is 0 Å². The maximum Gasteiger partial charge on any atom is 0.573 e. The Bertz CT molecular complexity index is 913. The van der Waals surface area contributed by atoms with Crippen molar-refractivity contribution >= 4 is 33.0 Å². The third kappa shape index (κ3) is 5.10. The molecule has 0 aromatic heterocycles. The minimum atomic E-state index is -4.93. The summed E-state index contributed by atoms with van der Waals surface area (Å²) in [5.41, 5.74) is -0.313. The van der Waals surface area contributed by atoms with Gasteiger partial charge in [0.1, 0.15) is 0 Å². The maximum absolute atomic E-state index is 12.4. The van der Waals surface area contributed by atoms with Crippen molar-refractivity contribution in [3.63, 3.8) is 0 Å². The van der Waals surface area contributed by atoms with E-state index in [-0.39, 0.29) is 21.2 Å². The molecular formula is C15H11ClF3NO4S. The van der Waals surface area contributed by atoms with E-state index in [2.05, 4.69) is 10.1 Å². The zero-order chi connectivity index (χ0) is 18.8. The van der Waals surface area contributed by atoms with Gasteiger partial charge in [0, 0.05) is 11.8 Å². The zero-order valence-electron chi connectivity index (χ0n) is 12.6. The van der Waals surface area contributed by atoms with Crippen molar-refractivity contribution in [1.82, 2.24) is 0 Å². The molecule has 0 heterocycles. The average molecular weight is 394 g/mol. The third-order valence-corrected chi connectivity index (χ3v) is 4.53. The number of ether oxygens (including phenoxy) is 1. The number of rotatable bonds is 4. The van der Waals surface area contributed by atoms with Crippen LogP contribution < -0.4 is 10.1 Å². The summed E-state index contributed by atoms with van der Waals surface area (Å²) < 4.78 is 64.3. The number of amides is 1. The van der Waals surface area contributed by atoms with Gasteiger partial charge in [0.05, 0.1) is 15.6 Å². The predicted molar refractivity (Wildman–Crippen MR) is 85.6 cm³/mol. The van der Waals surface area contributed by atoms with E-state index in [0.29, 0.717) is 0 Å². The summed E-state index contributed by atoms with van der Waals surface area (Å²) >= 11 is 5.79. The van der Waals surface area contributed by atoms with Crippen LogP contribution in [-0.4, -0.2) is 26.9 Å². The molecule has 134 valence electrons. The SMILES string of the molecule is CS(=O)(=O)c1cc(C(=O)Nc2ccccc2OC(F)(F)F)ccc1Cl. The molecule has 10 heteroatoms. The Hall–Kier alpha value is -2.26. The van der Waals surface area contributed by atoms with Gasteiger partial charge in [-0.1, -0.05) is 23.7 Å². The average Bonchev–Trinajstić information content (AvgIpc) is 2.47. The second kappa shape index (κ2) is 6.93. The van der Waals surface area contributed by atoms with Crippen molar-refractivity contribution in [3.05, 3.63) is 53.1 Å². The van der Waals surface area contributed by atoms with Gasteiger partial charge >= 0.3 is 6.36 Å². The molecule has 1 N–H and O–H groups in total. The molecule has 0 fully saturated rings. The van der Waals surface area contributed by atoms with Gasteiger partial charge in [0.25, 0.3) is 5.91 Å². The van der Waals surface area contributed by atoms with Gasteiger partial charge in [0.15, 0.2) is 15.6 Å². The molecule has 0 aliphatic rings. The van der Waals surface area contributed by atoms with Crippen molar-refractivity contribution in [1.29, 1.82) is 0 Å². The smallest absolute Gasteiger partial charge is 0.404 e. The first-order chi connectivity index (χ1) is 11.5. The molecule has 0 saturated heterocycles. The Balaban J connectivity index is 2.33. The lowest BCUT2D eigenvalue weighted by atomic mass is 10.2. The van der Waals surface area contributed by atoms with Gasteiger partial charge in [-0.25, -0.2) is 8.42 Å². The van der Waals surface area contributed by atoms with Crippen LogP contribution >= 0.6 is 11.6 Å². The fourth-order valence-corrected chi connectivity index (χ4v) is 3.21. The number of alkyl halides is 3. The molecular weight excluding hydrogens is 383 g/mol. The Morgan fingerprint density at radius 3 is 2.40 bits per heavy atom. The van der Waals surface area contributed by atoms with Crippen LogP contribution in [0.1, 0.15) is 10.4 Å². The fourth-order valence-electron chi connectivity index (χ4n) is 1.91. The standard InChI is InChI=1S/C15H11ClF3NO4S/c1-25(22,23)13-8-9(6-7-10(13)16)14(21)20-11-4-2-3-5-12(11)24-15(17,18)19/h2-8H,1H3,(H,20,21). The first-order valence-corrected chi connectivity index (χ1v) is 8.90. The van der Waals surface area contributed by atoms with Gasteiger partial charge in [-0.2, -0.15) is 0 Å². The van der Waals surface area contributed by atoms with Crippen molar-refractivity contribution in [2.24, 2.45) is 0 Å². The highest BCUT2D eigenvalue weighted by molar-refractivity contribution is 7.90. The Kier molecular flexibility index (Phi) is 5.28. The number of anilines is 1. The summed E-state index contributed by atoms with van der Waals surface area (Å²) in [6, 6.07) is 8.47. The van der Waals surface area contributed by atoms with Crippen LogP contribution in [0.2, 0.25) is 5.02 Å². The summed E-state index contributed by atoms with van der Waals surface area (Å²) in [5, 5.41) is 2.18. The molecule has 2 aromatic rings. The lowest BCUT2D eigenvalue weighted by Crippen LogP contribution is -2.19. The molecule has 25 heavy (non-hydrogen) atoms. The fraction of sp³-hybridized carbons (Fsp3) is 0.133. The van der Waals surface area contributed by atoms with Crippen molar-refractivity contribution in [3.8, 4) is 5.75 Å². The first-order valence-electron chi connectivity index (χ1n) is 6.63. The number of carbonyl (C=O) groups is 1. The highest BCUT2D eigenvalue weighted by Gasteiger charge is 2.32. The van der Waals surface area contributed by atoms with E-state index < -0.39 is 27.9 Å². The molecule has 0 atom stereocenters. The van der Waals surface area contributed by atoms with E-state index in [4.69, 9.17) is 11.6 Å². The zero-order valence-corrected chi connectivity index (χ0v) is 14.2. The normalized spacial score (nSPS) is 11.9. The van der Waals surface area contributed by atoms with Crippen molar-refractivity contribution < 1.29 is 31.1 Å². The molecule has 0 unspecified atom stereocenters. The second-order valence-electron chi connectivity index (χ2n) is 4.92. The van der Waals surface area contributed by atoms with Crippen LogP contribution in [0.15, 0.2) is 47.4 Å². The van der Waals surface area contributed by atoms with Crippen LogP contribution in [0.5, 0.6) is 5.75 Å². The summed E-state index contributed by atoms with van der Waals surface area (Å²) in [4.78, 5) is 12.0. The predicted octanol–water partition coefficient (Wildman–Crippen LogP) is 3.89. The molecule has 1 amide bonds. The highest BCUT2D eigenvalue weighted by Crippen LogP contribution is 2.30. The number of nitrogens with one attached hydrogen (secondary N) is 1. The first kappa shape index (κ1) is 19.1. The number of sulfone groups is 1. The van der Waals surface area contributed by atoms with E-state index in [1.54, 1.807) is 0 Å². The Morgan fingerprint density at radius 2 is 1.80 bits per heavy atom. The Labute approximate surface area is 146 Å². The minimum absolute atomic E-state index is 0.0696. The topological polar surface area (TPSA) is 72.5 Å². The number of para-hydroxylation sites is 2. The number of carbonyl (C=O) groups excluding carboxylic acids is 1. The van der Waals surface area contributed by atoms with Crippen LogP contribution in [0.4, 0.5) is 18.9 Å². The van der Waals surface area contributed by atoms with Gasteiger partial charge in [-0.15, -0.1) is 13.2 Å². The lowest BCUT2D eigenvalue weighted by Gasteiger charge is -2.14. The van der Waals surface area contributed by atoms with Crippen LogP contribution in [0.3, 0.4) is 0 Å². The van der Waals surface area contributed by atoms with Gasteiger partial charge in [-0.05, 0) is 30.3 Å². The van der Waals surface area contributed by atoms with E-state index >= 15 is 0 Å². The molecule has 2 aromatic carbocycles. The Morgan fingerprint density at radius 1 is 1.16 bits per heavy atom. The minimum Gasteiger partial charge on any atom is -0.404 e. The van der Waals surface area contributed by atoms with E-state index in [1.165, 1.54) is 30.3 Å². The molecule has 0 aliphatic heterocycles. The summed E-state index contributed by atoms with van der Waals surface area (Å²) in [6.45, 7) is 0. The van der Waals surface area contributed by atoms with Gasteiger partial charge < -0.3 is 10.1 Å². The quantitative estimate of drug-likeness (QED) is 0.855. The van der Waals surface area contributed by atoms with Crippen molar-refractivity contribution in [2.75, 3.05) is 11.6 Å². The summed E-state index contributed by atoms with van der Waals surface area (Å²) in [7, 11) is -3.68.